The maximum Gasteiger partial charge on any atom is 0.269 e. The van der Waals surface area contributed by atoms with Crippen molar-refractivity contribution >= 4 is 14.2 Å². The predicted molar refractivity (Wildman–Crippen MR) is 76.6 cm³/mol. The van der Waals surface area contributed by atoms with Crippen molar-refractivity contribution in [3.8, 4) is 0 Å². The molecule has 1 aliphatic rings. The molecule has 0 aromatic carbocycles. The fourth-order valence-corrected chi connectivity index (χ4v) is 2.86. The van der Waals surface area contributed by atoms with Gasteiger partial charge in [-0.1, -0.05) is 20.8 Å². The maximum atomic E-state index is 11.9. The van der Waals surface area contributed by atoms with E-state index in [1.807, 2.05) is 0 Å². The minimum absolute atomic E-state index is 0.00836. The highest BCUT2D eigenvalue weighted by Gasteiger charge is 2.38. The number of carbonyl (C=O) groups excluding carboxylic acids is 1. The summed E-state index contributed by atoms with van der Waals surface area (Å²) < 4.78 is 7.90. The van der Waals surface area contributed by atoms with E-state index in [-0.39, 0.29) is 17.0 Å². The SMILES string of the molecule is CC(C)(C)[Si](C)(C)OC[C@@H]1Cn2nccc2C(=O)N1. The van der Waals surface area contributed by atoms with Crippen LogP contribution in [0, 0.1) is 0 Å². The second-order valence-electron chi connectivity index (χ2n) is 6.64. The van der Waals surface area contributed by atoms with Gasteiger partial charge in [-0.3, -0.25) is 9.48 Å². The van der Waals surface area contributed by atoms with Gasteiger partial charge in [0.2, 0.25) is 0 Å². The molecule has 106 valence electrons. The second kappa shape index (κ2) is 4.75. The highest BCUT2D eigenvalue weighted by atomic mass is 28.4. The van der Waals surface area contributed by atoms with Gasteiger partial charge in [0.15, 0.2) is 8.32 Å². The first-order valence-electron chi connectivity index (χ1n) is 6.67. The Balaban J connectivity index is 1.98. The topological polar surface area (TPSA) is 56.2 Å². The number of aromatic nitrogens is 2. The van der Waals surface area contributed by atoms with Crippen LogP contribution in [0.4, 0.5) is 0 Å². The molecular formula is C13H23N3O2Si. The molecule has 0 spiro atoms. The van der Waals surface area contributed by atoms with E-state index >= 15 is 0 Å². The smallest absolute Gasteiger partial charge is 0.269 e. The summed E-state index contributed by atoms with van der Waals surface area (Å²) >= 11 is 0. The molecule has 1 aromatic rings. The monoisotopic (exact) mass is 281 g/mol. The van der Waals surface area contributed by atoms with Crippen molar-refractivity contribution < 1.29 is 9.22 Å². The summed E-state index contributed by atoms with van der Waals surface area (Å²) in [5.74, 6) is -0.0624. The van der Waals surface area contributed by atoms with Crippen LogP contribution in [-0.2, 0) is 11.0 Å². The summed E-state index contributed by atoms with van der Waals surface area (Å²) in [4.78, 5) is 11.9. The average Bonchev–Trinajstić information content (AvgIpc) is 2.73. The van der Waals surface area contributed by atoms with Crippen LogP contribution in [0.5, 0.6) is 0 Å². The van der Waals surface area contributed by atoms with Gasteiger partial charge in [-0.2, -0.15) is 5.10 Å². The molecule has 0 radical (unpaired) electrons. The molecule has 0 saturated heterocycles. The van der Waals surface area contributed by atoms with Crippen LogP contribution < -0.4 is 5.32 Å². The molecule has 19 heavy (non-hydrogen) atoms. The van der Waals surface area contributed by atoms with Gasteiger partial charge >= 0.3 is 0 Å². The Morgan fingerprint density at radius 1 is 1.53 bits per heavy atom. The Morgan fingerprint density at radius 3 is 2.84 bits per heavy atom. The third-order valence-electron chi connectivity index (χ3n) is 4.13. The zero-order valence-electron chi connectivity index (χ0n) is 12.4. The molecule has 1 atom stereocenters. The minimum Gasteiger partial charge on any atom is -0.415 e. The molecule has 2 rings (SSSR count). The van der Waals surface area contributed by atoms with Crippen LogP contribution in [0.2, 0.25) is 18.1 Å². The van der Waals surface area contributed by atoms with E-state index in [0.29, 0.717) is 18.8 Å². The number of rotatable bonds is 3. The van der Waals surface area contributed by atoms with Crippen LogP contribution in [-0.4, -0.2) is 36.7 Å². The number of hydrogen-bond donors (Lipinski definition) is 1. The molecule has 0 unspecified atom stereocenters. The molecule has 1 amide bonds. The molecule has 6 heteroatoms. The fourth-order valence-electron chi connectivity index (χ4n) is 1.80. The van der Waals surface area contributed by atoms with Gasteiger partial charge in [-0.25, -0.2) is 0 Å². The van der Waals surface area contributed by atoms with Crippen molar-refractivity contribution in [2.24, 2.45) is 0 Å². The zero-order chi connectivity index (χ0) is 14.3. The first kappa shape index (κ1) is 14.3. The molecule has 2 heterocycles. The summed E-state index contributed by atoms with van der Waals surface area (Å²) in [6.45, 7) is 12.3. The summed E-state index contributed by atoms with van der Waals surface area (Å²) in [6, 6.07) is 1.74. The maximum absolute atomic E-state index is 11.9. The van der Waals surface area contributed by atoms with Crippen LogP contribution >= 0.6 is 0 Å². The van der Waals surface area contributed by atoms with Crippen LogP contribution in [0.3, 0.4) is 0 Å². The lowest BCUT2D eigenvalue weighted by molar-refractivity contribution is 0.0866. The lowest BCUT2D eigenvalue weighted by Crippen LogP contribution is -2.50. The lowest BCUT2D eigenvalue weighted by Gasteiger charge is -2.37. The predicted octanol–water partition coefficient (Wildman–Crippen LogP) is 2.02. The number of nitrogens with one attached hydrogen (secondary N) is 1. The Labute approximate surface area is 115 Å². The Morgan fingerprint density at radius 2 is 2.21 bits per heavy atom. The Kier molecular flexibility index (Phi) is 3.57. The molecule has 0 aliphatic carbocycles. The van der Waals surface area contributed by atoms with E-state index in [1.54, 1.807) is 16.9 Å². The fraction of sp³-hybridized carbons (Fsp3) is 0.692. The van der Waals surface area contributed by atoms with Crippen molar-refractivity contribution in [1.82, 2.24) is 15.1 Å². The summed E-state index contributed by atoms with van der Waals surface area (Å²) in [7, 11) is -1.77. The van der Waals surface area contributed by atoms with Crippen molar-refractivity contribution in [3.05, 3.63) is 18.0 Å². The van der Waals surface area contributed by atoms with Crippen LogP contribution in [0.15, 0.2) is 12.3 Å². The first-order chi connectivity index (χ1) is 8.71. The van der Waals surface area contributed by atoms with Crippen molar-refractivity contribution in [3.63, 3.8) is 0 Å². The average molecular weight is 281 g/mol. The van der Waals surface area contributed by atoms with Gasteiger partial charge in [0.05, 0.1) is 19.2 Å². The number of fused-ring (bicyclic) bond motifs is 1. The second-order valence-corrected chi connectivity index (χ2v) is 11.4. The first-order valence-corrected chi connectivity index (χ1v) is 9.58. The van der Waals surface area contributed by atoms with E-state index in [0.717, 1.165) is 0 Å². The van der Waals surface area contributed by atoms with Crippen molar-refractivity contribution in [1.29, 1.82) is 0 Å². The molecule has 1 aliphatic heterocycles. The zero-order valence-corrected chi connectivity index (χ0v) is 13.4. The van der Waals surface area contributed by atoms with E-state index in [2.05, 4.69) is 44.3 Å². The standard InChI is InChI=1S/C13H23N3O2Si/c1-13(2,3)19(4,5)18-9-10-8-16-11(6-7-14-16)12(17)15-10/h6-7,10H,8-9H2,1-5H3,(H,15,17)/t10-/m0/s1. The van der Waals surface area contributed by atoms with Crippen molar-refractivity contribution in [2.45, 2.75) is 51.5 Å². The summed E-state index contributed by atoms with van der Waals surface area (Å²) in [5, 5.41) is 7.33. The summed E-state index contributed by atoms with van der Waals surface area (Å²) in [6.07, 6.45) is 1.66. The molecule has 0 fully saturated rings. The van der Waals surface area contributed by atoms with E-state index in [9.17, 15) is 4.79 Å². The van der Waals surface area contributed by atoms with Crippen molar-refractivity contribution in [2.75, 3.05) is 6.61 Å². The molecule has 1 N–H and O–H groups in total. The third-order valence-corrected chi connectivity index (χ3v) is 8.63. The molecule has 5 nitrogen and oxygen atoms in total. The Bertz CT molecular complexity index is 476. The van der Waals surface area contributed by atoms with E-state index in [1.165, 1.54) is 0 Å². The molecular weight excluding hydrogens is 258 g/mol. The highest BCUT2D eigenvalue weighted by Crippen LogP contribution is 2.36. The molecule has 0 saturated carbocycles. The minimum atomic E-state index is -1.77. The van der Waals surface area contributed by atoms with Gasteiger partial charge < -0.3 is 9.74 Å². The quantitative estimate of drug-likeness (QED) is 0.862. The highest BCUT2D eigenvalue weighted by molar-refractivity contribution is 6.74. The lowest BCUT2D eigenvalue weighted by atomic mass is 10.2. The third kappa shape index (κ3) is 2.89. The molecule has 0 bridgehead atoms. The van der Waals surface area contributed by atoms with Gasteiger partial charge in [-0.05, 0) is 24.2 Å². The molecule has 1 aromatic heterocycles. The van der Waals surface area contributed by atoms with Crippen LogP contribution in [0.25, 0.3) is 0 Å². The Hall–Kier alpha value is -1.14. The normalized spacial score (nSPS) is 20.1. The van der Waals surface area contributed by atoms with E-state index < -0.39 is 8.32 Å². The number of nitrogens with zero attached hydrogens (tertiary/aromatic N) is 2. The number of carbonyl (C=O) groups is 1. The van der Waals surface area contributed by atoms with Gasteiger partial charge in [0.25, 0.3) is 5.91 Å². The van der Waals surface area contributed by atoms with E-state index in [4.69, 9.17) is 4.43 Å². The number of amides is 1. The van der Waals surface area contributed by atoms with Gasteiger partial charge in [0, 0.05) is 6.20 Å². The van der Waals surface area contributed by atoms with Gasteiger partial charge in [-0.15, -0.1) is 0 Å². The number of hydrogen-bond acceptors (Lipinski definition) is 3. The largest absolute Gasteiger partial charge is 0.415 e. The van der Waals surface area contributed by atoms with Crippen LogP contribution in [0.1, 0.15) is 31.3 Å². The summed E-state index contributed by atoms with van der Waals surface area (Å²) in [5.41, 5.74) is 0.628. The van der Waals surface area contributed by atoms with Gasteiger partial charge in [0.1, 0.15) is 5.69 Å².